The van der Waals surface area contributed by atoms with Crippen LogP contribution in [0.15, 0.2) is 18.2 Å². The quantitative estimate of drug-likeness (QED) is 0.811. The van der Waals surface area contributed by atoms with Gasteiger partial charge in [-0.1, -0.05) is 6.42 Å². The number of benzene rings is 1. The van der Waals surface area contributed by atoms with Gasteiger partial charge in [0.15, 0.2) is 0 Å². The first kappa shape index (κ1) is 10.4. The molecule has 0 aliphatic heterocycles. The first-order valence-electron chi connectivity index (χ1n) is 5.31. The van der Waals surface area contributed by atoms with E-state index >= 15 is 0 Å². The van der Waals surface area contributed by atoms with Gasteiger partial charge in [0, 0.05) is 17.5 Å². The number of hydrogen-bond donors (Lipinski definition) is 1. The van der Waals surface area contributed by atoms with E-state index in [9.17, 15) is 4.39 Å². The first-order chi connectivity index (χ1) is 7.22. The second kappa shape index (κ2) is 4.19. The van der Waals surface area contributed by atoms with E-state index < -0.39 is 0 Å². The van der Waals surface area contributed by atoms with Crippen LogP contribution in [0, 0.1) is 5.82 Å². The molecule has 3 heteroatoms. The number of rotatable bonds is 2. The molecule has 2 nitrogen and oxygen atoms in total. The summed E-state index contributed by atoms with van der Waals surface area (Å²) in [5, 5.41) is 0. The monoisotopic (exact) mass is 209 g/mol. The maximum atomic E-state index is 13.2. The fraction of sp³-hybridized carbons (Fsp3) is 0.500. The Balaban J connectivity index is 2.36. The predicted octanol–water partition coefficient (Wildman–Crippen LogP) is 2.43. The Morgan fingerprint density at radius 1 is 1.40 bits per heavy atom. The highest BCUT2D eigenvalue weighted by molar-refractivity contribution is 5.38. The molecule has 0 spiro atoms. The van der Waals surface area contributed by atoms with Crippen molar-refractivity contribution in [3.05, 3.63) is 29.6 Å². The molecule has 0 heterocycles. The summed E-state index contributed by atoms with van der Waals surface area (Å²) in [6, 6.07) is 4.79. The first-order valence-corrected chi connectivity index (χ1v) is 5.31. The highest BCUT2D eigenvalue weighted by atomic mass is 19.1. The molecular formula is C12H16FNO. The maximum absolute atomic E-state index is 13.2. The van der Waals surface area contributed by atoms with Gasteiger partial charge in [-0.15, -0.1) is 0 Å². The SMILES string of the molecule is COc1ccc(F)cc1C1CCCC1N. The van der Waals surface area contributed by atoms with E-state index in [1.165, 1.54) is 6.07 Å². The van der Waals surface area contributed by atoms with E-state index in [0.717, 1.165) is 30.6 Å². The Kier molecular flexibility index (Phi) is 2.91. The molecule has 0 radical (unpaired) electrons. The third-order valence-corrected chi connectivity index (χ3v) is 3.16. The zero-order chi connectivity index (χ0) is 10.8. The van der Waals surface area contributed by atoms with Crippen LogP contribution in [0.4, 0.5) is 4.39 Å². The zero-order valence-electron chi connectivity index (χ0n) is 8.87. The van der Waals surface area contributed by atoms with Gasteiger partial charge in [-0.25, -0.2) is 4.39 Å². The number of hydrogen-bond acceptors (Lipinski definition) is 2. The van der Waals surface area contributed by atoms with Crippen molar-refractivity contribution in [1.82, 2.24) is 0 Å². The van der Waals surface area contributed by atoms with Crippen LogP contribution in [0.25, 0.3) is 0 Å². The van der Waals surface area contributed by atoms with Crippen LogP contribution >= 0.6 is 0 Å². The molecule has 15 heavy (non-hydrogen) atoms. The zero-order valence-corrected chi connectivity index (χ0v) is 8.87. The molecule has 0 aromatic heterocycles. The smallest absolute Gasteiger partial charge is 0.123 e. The van der Waals surface area contributed by atoms with Crippen LogP contribution in [0.3, 0.4) is 0 Å². The third-order valence-electron chi connectivity index (χ3n) is 3.16. The van der Waals surface area contributed by atoms with Crippen molar-refractivity contribution in [3.63, 3.8) is 0 Å². The Morgan fingerprint density at radius 3 is 2.80 bits per heavy atom. The van der Waals surface area contributed by atoms with Gasteiger partial charge in [0.2, 0.25) is 0 Å². The van der Waals surface area contributed by atoms with Gasteiger partial charge in [0.1, 0.15) is 11.6 Å². The minimum atomic E-state index is -0.218. The Hall–Kier alpha value is -1.09. The summed E-state index contributed by atoms with van der Waals surface area (Å²) in [5.74, 6) is 0.777. The summed E-state index contributed by atoms with van der Waals surface area (Å²) in [4.78, 5) is 0. The summed E-state index contributed by atoms with van der Waals surface area (Å²) in [7, 11) is 1.61. The molecule has 1 fully saturated rings. The van der Waals surface area contributed by atoms with Gasteiger partial charge in [-0.3, -0.25) is 0 Å². The van der Waals surface area contributed by atoms with E-state index in [1.807, 2.05) is 0 Å². The fourth-order valence-corrected chi connectivity index (χ4v) is 2.37. The fourth-order valence-electron chi connectivity index (χ4n) is 2.37. The van der Waals surface area contributed by atoms with Crippen LogP contribution in [0.1, 0.15) is 30.7 Å². The van der Waals surface area contributed by atoms with E-state index in [2.05, 4.69) is 0 Å². The highest BCUT2D eigenvalue weighted by Gasteiger charge is 2.28. The lowest BCUT2D eigenvalue weighted by molar-refractivity contribution is 0.401. The lowest BCUT2D eigenvalue weighted by Gasteiger charge is -2.18. The molecule has 1 aliphatic rings. The van der Waals surface area contributed by atoms with E-state index in [4.69, 9.17) is 10.5 Å². The van der Waals surface area contributed by atoms with Crippen LogP contribution in [0.5, 0.6) is 5.75 Å². The molecule has 82 valence electrons. The van der Waals surface area contributed by atoms with Crippen LogP contribution in [0.2, 0.25) is 0 Å². The van der Waals surface area contributed by atoms with Crippen molar-refractivity contribution in [2.45, 2.75) is 31.2 Å². The molecule has 2 N–H and O–H groups in total. The molecule has 0 amide bonds. The van der Waals surface area contributed by atoms with E-state index in [0.29, 0.717) is 0 Å². The topological polar surface area (TPSA) is 35.2 Å². The molecule has 2 unspecified atom stereocenters. The average Bonchev–Trinajstić information content (AvgIpc) is 2.64. The summed E-state index contributed by atoms with van der Waals surface area (Å²) >= 11 is 0. The lowest BCUT2D eigenvalue weighted by atomic mass is 9.93. The second-order valence-corrected chi connectivity index (χ2v) is 4.09. The number of nitrogens with two attached hydrogens (primary N) is 1. The molecule has 1 saturated carbocycles. The number of ether oxygens (including phenoxy) is 1. The van der Waals surface area contributed by atoms with E-state index in [-0.39, 0.29) is 17.8 Å². The molecule has 1 aromatic rings. The minimum absolute atomic E-state index is 0.140. The van der Waals surface area contributed by atoms with Crippen molar-refractivity contribution in [2.24, 2.45) is 5.73 Å². The van der Waals surface area contributed by atoms with Gasteiger partial charge in [0.05, 0.1) is 7.11 Å². The molecule has 2 rings (SSSR count). The van der Waals surface area contributed by atoms with Crippen molar-refractivity contribution in [3.8, 4) is 5.75 Å². The maximum Gasteiger partial charge on any atom is 0.123 e. The highest BCUT2D eigenvalue weighted by Crippen LogP contribution is 2.38. The van der Waals surface area contributed by atoms with Crippen molar-refractivity contribution >= 4 is 0 Å². The van der Waals surface area contributed by atoms with Crippen molar-refractivity contribution < 1.29 is 9.13 Å². The second-order valence-electron chi connectivity index (χ2n) is 4.09. The summed E-state index contributed by atoms with van der Waals surface area (Å²) < 4.78 is 18.4. The van der Waals surface area contributed by atoms with Crippen molar-refractivity contribution in [2.75, 3.05) is 7.11 Å². The third kappa shape index (κ3) is 1.97. The van der Waals surface area contributed by atoms with Gasteiger partial charge >= 0.3 is 0 Å². The lowest BCUT2D eigenvalue weighted by Crippen LogP contribution is -2.23. The van der Waals surface area contributed by atoms with Crippen LogP contribution in [-0.4, -0.2) is 13.2 Å². The number of methoxy groups -OCH3 is 1. The van der Waals surface area contributed by atoms with Crippen LogP contribution in [-0.2, 0) is 0 Å². The molecular weight excluding hydrogens is 193 g/mol. The summed E-state index contributed by atoms with van der Waals surface area (Å²) in [6.07, 6.45) is 3.16. The van der Waals surface area contributed by atoms with Crippen molar-refractivity contribution in [1.29, 1.82) is 0 Å². The Labute approximate surface area is 89.2 Å². The van der Waals surface area contributed by atoms with Gasteiger partial charge in [-0.2, -0.15) is 0 Å². The average molecular weight is 209 g/mol. The molecule has 0 saturated heterocycles. The largest absolute Gasteiger partial charge is 0.496 e. The summed E-state index contributed by atoms with van der Waals surface area (Å²) in [6.45, 7) is 0. The van der Waals surface area contributed by atoms with Gasteiger partial charge in [-0.05, 0) is 31.0 Å². The predicted molar refractivity (Wildman–Crippen MR) is 57.5 cm³/mol. The van der Waals surface area contributed by atoms with Gasteiger partial charge < -0.3 is 10.5 Å². The Bertz CT molecular complexity index is 353. The minimum Gasteiger partial charge on any atom is -0.496 e. The number of halogens is 1. The molecule has 1 aromatic carbocycles. The van der Waals surface area contributed by atoms with E-state index in [1.54, 1.807) is 19.2 Å². The standard InChI is InChI=1S/C12H16FNO/c1-15-12-6-5-8(13)7-10(12)9-3-2-4-11(9)14/h5-7,9,11H,2-4,14H2,1H3. The molecule has 0 bridgehead atoms. The normalized spacial score (nSPS) is 25.5. The molecule has 1 aliphatic carbocycles. The summed E-state index contributed by atoms with van der Waals surface area (Å²) in [5.41, 5.74) is 6.93. The Morgan fingerprint density at radius 2 is 2.20 bits per heavy atom. The van der Waals surface area contributed by atoms with Crippen LogP contribution < -0.4 is 10.5 Å². The molecule has 2 atom stereocenters. The van der Waals surface area contributed by atoms with Gasteiger partial charge in [0.25, 0.3) is 0 Å².